The van der Waals surface area contributed by atoms with Crippen LogP contribution in [0.25, 0.3) is 0 Å². The van der Waals surface area contributed by atoms with Crippen molar-refractivity contribution in [2.45, 2.75) is 45.1 Å². The van der Waals surface area contributed by atoms with Crippen molar-refractivity contribution in [1.82, 2.24) is 0 Å². The molecule has 0 bridgehead atoms. The Kier molecular flexibility index (Phi) is 5.13. The van der Waals surface area contributed by atoms with E-state index in [1.807, 2.05) is 0 Å². The van der Waals surface area contributed by atoms with E-state index in [2.05, 4.69) is 12.2 Å². The topological polar surface area (TPSA) is 55.1 Å². The lowest BCUT2D eigenvalue weighted by atomic mass is 9.93. The smallest absolute Gasteiger partial charge is 0.242 e. The normalized spacial score (nSPS) is 13.9. The van der Waals surface area contributed by atoms with Crippen molar-refractivity contribution in [1.29, 1.82) is 0 Å². The standard InChI is InChI=1S/C14H21FN2O/c1-3-4-7-10-14(2,13(16)18)17-12-9-6-5-8-11(12)15/h5-6,8-9,17H,3-4,7,10H2,1-2H3,(H2,16,18). The Morgan fingerprint density at radius 2 is 2.06 bits per heavy atom. The molecule has 0 saturated carbocycles. The van der Waals surface area contributed by atoms with E-state index in [1.165, 1.54) is 6.07 Å². The molecule has 1 unspecified atom stereocenters. The number of hydrogen-bond donors (Lipinski definition) is 2. The molecule has 0 aliphatic carbocycles. The van der Waals surface area contributed by atoms with Crippen molar-refractivity contribution in [3.05, 3.63) is 30.1 Å². The van der Waals surface area contributed by atoms with Crippen LogP contribution >= 0.6 is 0 Å². The van der Waals surface area contributed by atoms with Gasteiger partial charge in [-0.2, -0.15) is 0 Å². The van der Waals surface area contributed by atoms with E-state index < -0.39 is 11.4 Å². The average molecular weight is 252 g/mol. The number of anilines is 1. The predicted molar refractivity (Wildman–Crippen MR) is 71.8 cm³/mol. The van der Waals surface area contributed by atoms with Crippen LogP contribution in [0.2, 0.25) is 0 Å². The number of primary amides is 1. The zero-order valence-corrected chi connectivity index (χ0v) is 11.0. The fourth-order valence-electron chi connectivity index (χ4n) is 1.84. The molecule has 1 aromatic rings. The molecule has 0 radical (unpaired) electrons. The maximum Gasteiger partial charge on any atom is 0.242 e. The van der Waals surface area contributed by atoms with Crippen molar-refractivity contribution in [2.24, 2.45) is 5.73 Å². The molecule has 3 nitrogen and oxygen atoms in total. The van der Waals surface area contributed by atoms with Crippen molar-refractivity contribution < 1.29 is 9.18 Å². The van der Waals surface area contributed by atoms with Crippen molar-refractivity contribution in [2.75, 3.05) is 5.32 Å². The van der Waals surface area contributed by atoms with E-state index in [-0.39, 0.29) is 5.82 Å². The minimum Gasteiger partial charge on any atom is -0.369 e. The minimum absolute atomic E-state index is 0.315. The number of unbranched alkanes of at least 4 members (excludes halogenated alkanes) is 2. The molecule has 1 amide bonds. The van der Waals surface area contributed by atoms with E-state index in [1.54, 1.807) is 25.1 Å². The van der Waals surface area contributed by atoms with Crippen molar-refractivity contribution in [3.8, 4) is 0 Å². The van der Waals surface area contributed by atoms with Crippen molar-refractivity contribution >= 4 is 11.6 Å². The number of hydrogen-bond acceptors (Lipinski definition) is 2. The van der Waals surface area contributed by atoms with E-state index >= 15 is 0 Å². The molecule has 0 heterocycles. The number of carbonyl (C=O) groups is 1. The van der Waals surface area contributed by atoms with E-state index in [9.17, 15) is 9.18 Å². The van der Waals surface area contributed by atoms with Gasteiger partial charge in [0.1, 0.15) is 11.4 Å². The van der Waals surface area contributed by atoms with Crippen LogP contribution in [0.5, 0.6) is 0 Å². The summed E-state index contributed by atoms with van der Waals surface area (Å²) in [5, 5.41) is 2.93. The molecule has 1 atom stereocenters. The van der Waals surface area contributed by atoms with Gasteiger partial charge in [0.2, 0.25) is 5.91 Å². The molecule has 0 spiro atoms. The van der Waals surface area contributed by atoms with Crippen LogP contribution < -0.4 is 11.1 Å². The van der Waals surface area contributed by atoms with Gasteiger partial charge in [-0.05, 0) is 25.5 Å². The third-order valence-electron chi connectivity index (χ3n) is 3.11. The van der Waals surface area contributed by atoms with Crippen LogP contribution in [-0.2, 0) is 4.79 Å². The maximum atomic E-state index is 13.6. The molecule has 1 aromatic carbocycles. The van der Waals surface area contributed by atoms with Crippen molar-refractivity contribution in [3.63, 3.8) is 0 Å². The van der Waals surface area contributed by atoms with Gasteiger partial charge in [-0.3, -0.25) is 4.79 Å². The summed E-state index contributed by atoms with van der Waals surface area (Å²) in [6.45, 7) is 3.81. The molecule has 0 fully saturated rings. The molecule has 0 aliphatic heterocycles. The van der Waals surface area contributed by atoms with Gasteiger partial charge in [0.05, 0.1) is 5.69 Å². The van der Waals surface area contributed by atoms with Crippen LogP contribution in [0.1, 0.15) is 39.5 Å². The first-order chi connectivity index (χ1) is 8.49. The monoisotopic (exact) mass is 252 g/mol. The van der Waals surface area contributed by atoms with Gasteiger partial charge in [0, 0.05) is 0 Å². The highest BCUT2D eigenvalue weighted by Gasteiger charge is 2.30. The number of carbonyl (C=O) groups excluding carboxylic acids is 1. The Bertz CT molecular complexity index is 409. The SMILES string of the molecule is CCCCCC(C)(Nc1ccccc1F)C(N)=O. The summed E-state index contributed by atoms with van der Waals surface area (Å²) in [6.07, 6.45) is 3.58. The largest absolute Gasteiger partial charge is 0.369 e. The van der Waals surface area contributed by atoms with Gasteiger partial charge >= 0.3 is 0 Å². The maximum absolute atomic E-state index is 13.6. The molecule has 1 rings (SSSR count). The number of halogens is 1. The first-order valence-corrected chi connectivity index (χ1v) is 6.32. The second-order valence-corrected chi connectivity index (χ2v) is 4.76. The number of para-hydroxylation sites is 1. The van der Waals surface area contributed by atoms with Gasteiger partial charge in [0.15, 0.2) is 0 Å². The highest BCUT2D eigenvalue weighted by Crippen LogP contribution is 2.23. The lowest BCUT2D eigenvalue weighted by Gasteiger charge is -2.28. The Hall–Kier alpha value is -1.58. The minimum atomic E-state index is -0.905. The highest BCUT2D eigenvalue weighted by molar-refractivity contribution is 5.87. The third-order valence-corrected chi connectivity index (χ3v) is 3.11. The third kappa shape index (κ3) is 3.72. The molecule has 100 valence electrons. The number of benzene rings is 1. The molecule has 4 heteroatoms. The van der Waals surface area contributed by atoms with E-state index in [4.69, 9.17) is 5.73 Å². The Morgan fingerprint density at radius 1 is 1.39 bits per heavy atom. The summed E-state index contributed by atoms with van der Waals surface area (Å²) in [5.74, 6) is -0.831. The summed E-state index contributed by atoms with van der Waals surface area (Å²) in [6, 6.07) is 6.30. The Labute approximate surface area is 108 Å². The molecule has 3 N–H and O–H groups in total. The van der Waals surface area contributed by atoms with Gasteiger partial charge in [-0.15, -0.1) is 0 Å². The average Bonchev–Trinajstić information content (AvgIpc) is 2.32. The van der Waals surface area contributed by atoms with E-state index in [0.717, 1.165) is 19.3 Å². The Balaban J connectivity index is 2.79. The quantitative estimate of drug-likeness (QED) is 0.733. The second kappa shape index (κ2) is 6.38. The summed E-state index contributed by atoms with van der Waals surface area (Å²) < 4.78 is 13.6. The molecular formula is C14H21FN2O. The molecule has 0 aliphatic rings. The van der Waals surface area contributed by atoms with Gasteiger partial charge in [-0.25, -0.2) is 4.39 Å². The van der Waals surface area contributed by atoms with Crippen LogP contribution in [0, 0.1) is 5.82 Å². The van der Waals surface area contributed by atoms with Gasteiger partial charge in [-0.1, -0.05) is 38.3 Å². The zero-order valence-electron chi connectivity index (χ0n) is 11.0. The van der Waals surface area contributed by atoms with Crippen LogP contribution in [0.3, 0.4) is 0 Å². The first kappa shape index (κ1) is 14.5. The fourth-order valence-corrected chi connectivity index (χ4v) is 1.84. The van der Waals surface area contributed by atoms with Gasteiger partial charge < -0.3 is 11.1 Å². The molecular weight excluding hydrogens is 231 g/mol. The second-order valence-electron chi connectivity index (χ2n) is 4.76. The molecule has 0 aromatic heterocycles. The van der Waals surface area contributed by atoms with Gasteiger partial charge in [0.25, 0.3) is 0 Å². The van der Waals surface area contributed by atoms with Crippen LogP contribution in [0.15, 0.2) is 24.3 Å². The summed E-state index contributed by atoms with van der Waals surface area (Å²) in [7, 11) is 0. The van der Waals surface area contributed by atoms with Crippen LogP contribution in [-0.4, -0.2) is 11.4 Å². The first-order valence-electron chi connectivity index (χ1n) is 6.32. The lowest BCUT2D eigenvalue weighted by Crippen LogP contribution is -2.48. The highest BCUT2D eigenvalue weighted by atomic mass is 19.1. The number of nitrogens with two attached hydrogens (primary N) is 1. The predicted octanol–water partition coefficient (Wildman–Crippen LogP) is 3.06. The summed E-state index contributed by atoms with van der Waals surface area (Å²) in [4.78, 5) is 11.6. The molecule has 18 heavy (non-hydrogen) atoms. The zero-order chi connectivity index (χ0) is 13.6. The number of amides is 1. The van der Waals surface area contributed by atoms with E-state index in [0.29, 0.717) is 12.1 Å². The van der Waals surface area contributed by atoms with Crippen LogP contribution in [0.4, 0.5) is 10.1 Å². The summed E-state index contributed by atoms with van der Waals surface area (Å²) in [5.41, 5.74) is 4.84. The summed E-state index contributed by atoms with van der Waals surface area (Å²) >= 11 is 0. The fraction of sp³-hybridized carbons (Fsp3) is 0.500. The number of nitrogens with one attached hydrogen (secondary N) is 1. The number of rotatable bonds is 7. The lowest BCUT2D eigenvalue weighted by molar-refractivity contribution is -0.122. The Morgan fingerprint density at radius 3 is 2.61 bits per heavy atom. The molecule has 0 saturated heterocycles.